The summed E-state index contributed by atoms with van der Waals surface area (Å²) < 4.78 is 2.43. The maximum Gasteiger partial charge on any atom is 0.179 e. The van der Waals surface area contributed by atoms with Crippen LogP contribution in [0.2, 0.25) is 0 Å². The second-order valence-electron chi connectivity index (χ2n) is 17.6. The molecule has 0 amide bonds. The molecule has 12 aromatic rings. The average molecular weight is 899 g/mol. The number of rotatable bonds is 10. The molecule has 0 atom stereocenters. The molecule has 5 heteroatoms. The first-order chi connectivity index (χ1) is 34.1. The molecule has 0 saturated carbocycles. The summed E-state index contributed by atoms with van der Waals surface area (Å²) in [6.07, 6.45) is 0. The fourth-order valence-electron chi connectivity index (χ4n) is 10.2. The van der Waals surface area contributed by atoms with Gasteiger partial charge in [-0.2, -0.15) is 0 Å². The third-order valence-corrected chi connectivity index (χ3v) is 18.3. The van der Waals surface area contributed by atoms with E-state index >= 15 is 0 Å². The Morgan fingerprint density at radius 3 is 1.33 bits per heavy atom. The molecule has 12 rings (SSSR count). The first-order valence-electron chi connectivity index (χ1n) is 23.5. The minimum Gasteiger partial charge on any atom is -0.308 e. The molecule has 0 aliphatic heterocycles. The minimum atomic E-state index is -2.82. The fraction of sp³-hybridized carbons (Fsp3) is 0.0156. The van der Waals surface area contributed by atoms with E-state index in [-0.39, 0.29) is 0 Å². The zero-order valence-corrected chi connectivity index (χ0v) is 39.1. The monoisotopic (exact) mass is 898 g/mol. The van der Waals surface area contributed by atoms with Crippen LogP contribution >= 0.6 is 0 Å². The Bertz CT molecular complexity index is 3610. The van der Waals surface area contributed by atoms with Crippen LogP contribution in [0.4, 0.5) is 0 Å². The molecule has 0 unspecified atom stereocenters. The van der Waals surface area contributed by atoms with E-state index in [4.69, 9.17) is 15.0 Å². The van der Waals surface area contributed by atoms with Crippen LogP contribution in [0.1, 0.15) is 5.56 Å². The van der Waals surface area contributed by atoms with Gasteiger partial charge in [-0.3, -0.25) is 0 Å². The molecule has 0 saturated heterocycles. The zero-order chi connectivity index (χ0) is 46.2. The fourth-order valence-corrected chi connectivity index (χ4v) is 15.0. The van der Waals surface area contributed by atoms with E-state index in [0.717, 1.165) is 50.1 Å². The summed E-state index contributed by atoms with van der Waals surface area (Å²) in [6, 6.07) is 94.3. The highest BCUT2D eigenvalue weighted by atomic mass is 28.3. The molecule has 0 radical (unpaired) electrons. The summed E-state index contributed by atoms with van der Waals surface area (Å²) in [6.45, 7) is 2.13. The van der Waals surface area contributed by atoms with Gasteiger partial charge < -0.3 is 4.57 Å². The Labute approximate surface area is 403 Å². The summed E-state index contributed by atoms with van der Waals surface area (Å²) in [5.74, 6) is 1.84. The number of benzene rings is 10. The van der Waals surface area contributed by atoms with Gasteiger partial charge in [-0.15, -0.1) is 0 Å². The molecule has 0 fully saturated rings. The summed E-state index contributed by atoms with van der Waals surface area (Å²) in [5.41, 5.74) is 11.7. The molecule has 0 aliphatic carbocycles. The van der Waals surface area contributed by atoms with Crippen molar-refractivity contribution in [2.75, 3.05) is 0 Å². The summed E-state index contributed by atoms with van der Waals surface area (Å²) in [5, 5.41) is 7.67. The Morgan fingerprint density at radius 2 is 0.739 bits per heavy atom. The number of para-hydroxylation sites is 1. The molecule has 10 aromatic carbocycles. The highest BCUT2D eigenvalue weighted by Gasteiger charge is 2.41. The van der Waals surface area contributed by atoms with E-state index in [2.05, 4.69) is 236 Å². The summed E-state index contributed by atoms with van der Waals surface area (Å²) in [4.78, 5) is 15.7. The van der Waals surface area contributed by atoms with Crippen molar-refractivity contribution in [3.63, 3.8) is 0 Å². The molecule has 69 heavy (non-hydrogen) atoms. The van der Waals surface area contributed by atoms with Crippen LogP contribution in [0.25, 0.3) is 83.9 Å². The van der Waals surface area contributed by atoms with Crippen molar-refractivity contribution in [2.24, 2.45) is 0 Å². The highest BCUT2D eigenvalue weighted by molar-refractivity contribution is 7.19. The predicted octanol–water partition coefficient (Wildman–Crippen LogP) is 13.0. The van der Waals surface area contributed by atoms with E-state index in [1.165, 1.54) is 42.6 Å². The minimum absolute atomic E-state index is 0.599. The van der Waals surface area contributed by atoms with Gasteiger partial charge in [0.25, 0.3) is 0 Å². The number of fused-ring (bicyclic) bond motifs is 3. The van der Waals surface area contributed by atoms with Crippen LogP contribution in [0, 0.1) is 6.92 Å². The van der Waals surface area contributed by atoms with Crippen molar-refractivity contribution in [1.29, 1.82) is 0 Å². The first-order valence-corrected chi connectivity index (χ1v) is 25.5. The molecule has 2 heterocycles. The predicted molar refractivity (Wildman–Crippen MR) is 290 cm³/mol. The van der Waals surface area contributed by atoms with Crippen LogP contribution in [-0.2, 0) is 0 Å². The second kappa shape index (κ2) is 17.8. The smallest absolute Gasteiger partial charge is 0.179 e. The molecule has 326 valence electrons. The standard InChI is InChI=1S/C64H46N4Si/c1-45-34-36-46(37-35-45)50-38-40-57-56-32-17-18-33-59(56)68(60(57)43-50)61-44-51(39-41-58(61)64-66-62(47-20-7-2-8-21-47)65-63(67-64)48-22-9-3-10-23-48)49-24-19-31-55(42-49)69(52-25-11-4-12-26-52,53-27-13-5-14-28-53)54-29-15-6-16-30-54/h2-44H,1H3. The normalized spacial score (nSPS) is 11.6. The van der Waals surface area contributed by atoms with E-state index in [9.17, 15) is 0 Å². The van der Waals surface area contributed by atoms with Gasteiger partial charge in [0.15, 0.2) is 25.5 Å². The first kappa shape index (κ1) is 41.6. The van der Waals surface area contributed by atoms with Crippen molar-refractivity contribution >= 4 is 50.6 Å². The molecular formula is C64H46N4Si. The van der Waals surface area contributed by atoms with E-state index < -0.39 is 8.07 Å². The lowest BCUT2D eigenvalue weighted by Gasteiger charge is -2.34. The maximum absolute atomic E-state index is 5.32. The van der Waals surface area contributed by atoms with Crippen molar-refractivity contribution in [2.45, 2.75) is 6.92 Å². The van der Waals surface area contributed by atoms with Gasteiger partial charge in [0.05, 0.1) is 16.7 Å². The number of hydrogen-bond donors (Lipinski definition) is 0. The SMILES string of the molecule is Cc1ccc(-c2ccc3c4ccccc4n(-c4cc(-c5cccc([Si](c6ccccc6)(c6ccccc6)c6ccccc6)c5)ccc4-c4nc(-c5ccccc5)nc(-c5ccccc5)n4)c3c2)cc1. The second-order valence-corrected chi connectivity index (χ2v) is 21.5. The van der Waals surface area contributed by atoms with Crippen molar-refractivity contribution in [3.8, 4) is 62.1 Å². The zero-order valence-electron chi connectivity index (χ0n) is 38.1. The lowest BCUT2D eigenvalue weighted by molar-refractivity contribution is 1.06. The van der Waals surface area contributed by atoms with Gasteiger partial charge in [-0.1, -0.05) is 242 Å². The third-order valence-electron chi connectivity index (χ3n) is 13.5. The van der Waals surface area contributed by atoms with Crippen molar-refractivity contribution in [3.05, 3.63) is 266 Å². The number of aromatic nitrogens is 4. The summed E-state index contributed by atoms with van der Waals surface area (Å²) >= 11 is 0. The van der Waals surface area contributed by atoms with Gasteiger partial charge in [0.1, 0.15) is 0 Å². The van der Waals surface area contributed by atoms with Gasteiger partial charge in [-0.05, 0) is 74.2 Å². The third kappa shape index (κ3) is 7.56. The van der Waals surface area contributed by atoms with Gasteiger partial charge in [-0.25, -0.2) is 15.0 Å². The highest BCUT2D eigenvalue weighted by Crippen LogP contribution is 2.40. The maximum atomic E-state index is 5.32. The Morgan fingerprint density at radius 1 is 0.304 bits per heavy atom. The molecule has 0 spiro atoms. The molecule has 0 N–H and O–H groups in total. The van der Waals surface area contributed by atoms with E-state index in [0.29, 0.717) is 17.5 Å². The molecule has 0 bridgehead atoms. The van der Waals surface area contributed by atoms with Crippen molar-refractivity contribution in [1.82, 2.24) is 19.5 Å². The number of nitrogens with zero attached hydrogens (tertiary/aromatic N) is 4. The largest absolute Gasteiger partial charge is 0.308 e. The lowest BCUT2D eigenvalue weighted by Crippen LogP contribution is -2.74. The average Bonchev–Trinajstić information content (AvgIpc) is 3.76. The lowest BCUT2D eigenvalue weighted by atomic mass is 10.0. The number of aryl methyl sites for hydroxylation is 1. The van der Waals surface area contributed by atoms with Crippen LogP contribution < -0.4 is 20.7 Å². The molecule has 0 aliphatic rings. The van der Waals surface area contributed by atoms with Crippen LogP contribution in [-0.4, -0.2) is 27.6 Å². The van der Waals surface area contributed by atoms with Gasteiger partial charge in [0, 0.05) is 27.5 Å². The summed E-state index contributed by atoms with van der Waals surface area (Å²) in [7, 11) is -2.82. The van der Waals surface area contributed by atoms with Crippen LogP contribution in [0.5, 0.6) is 0 Å². The van der Waals surface area contributed by atoms with E-state index in [1.807, 2.05) is 36.4 Å². The van der Waals surface area contributed by atoms with Crippen LogP contribution in [0.15, 0.2) is 261 Å². The van der Waals surface area contributed by atoms with Crippen LogP contribution in [0.3, 0.4) is 0 Å². The quantitative estimate of drug-likeness (QED) is 0.101. The van der Waals surface area contributed by atoms with Gasteiger partial charge >= 0.3 is 0 Å². The van der Waals surface area contributed by atoms with Gasteiger partial charge in [0.2, 0.25) is 0 Å². The topological polar surface area (TPSA) is 43.6 Å². The Balaban J connectivity index is 1.14. The Kier molecular flexibility index (Phi) is 10.7. The van der Waals surface area contributed by atoms with Crippen molar-refractivity contribution < 1.29 is 0 Å². The Hall–Kier alpha value is -8.77. The number of hydrogen-bond acceptors (Lipinski definition) is 3. The van der Waals surface area contributed by atoms with E-state index in [1.54, 1.807) is 0 Å². The molecular weight excluding hydrogens is 853 g/mol. The molecule has 4 nitrogen and oxygen atoms in total. The molecule has 2 aromatic heterocycles.